The Hall–Kier alpha value is -3.23. The number of amides is 2. The van der Waals surface area contributed by atoms with Gasteiger partial charge in [0.05, 0.1) is 11.5 Å². The minimum Gasteiger partial charge on any atom is -0.376 e. The lowest BCUT2D eigenvalue weighted by Crippen LogP contribution is -2.60. The van der Waals surface area contributed by atoms with Gasteiger partial charge in [-0.25, -0.2) is 4.39 Å². The van der Waals surface area contributed by atoms with Gasteiger partial charge in [0.15, 0.2) is 0 Å². The number of piperidine rings is 2. The molecule has 3 aromatic rings. The zero-order valence-corrected chi connectivity index (χ0v) is 23.0. The van der Waals surface area contributed by atoms with E-state index in [0.29, 0.717) is 67.7 Å². The fourth-order valence-electron chi connectivity index (χ4n) is 5.57. The van der Waals surface area contributed by atoms with E-state index in [1.807, 2.05) is 29.2 Å². The molecule has 0 N–H and O–H groups in total. The lowest BCUT2D eigenvalue weighted by Gasteiger charge is -2.49. The number of aromatic nitrogens is 1. The Bertz CT molecular complexity index is 1310. The van der Waals surface area contributed by atoms with Crippen LogP contribution < -0.4 is 0 Å². The van der Waals surface area contributed by atoms with E-state index in [2.05, 4.69) is 19.0 Å². The normalized spacial score (nSPS) is 21.7. The molecule has 0 aliphatic carbocycles. The maximum Gasteiger partial charge on any atom is 0.292 e. The summed E-state index contributed by atoms with van der Waals surface area (Å²) in [6.07, 6.45) is 1.83. The van der Waals surface area contributed by atoms with E-state index in [9.17, 15) is 14.0 Å². The van der Waals surface area contributed by atoms with E-state index < -0.39 is 5.41 Å². The monoisotopic (exact) mass is 553 g/mol. The molecule has 7 nitrogen and oxygen atoms in total. The fraction of sp³-hybridized carbons (Fsp3) is 0.433. The number of rotatable bonds is 7. The van der Waals surface area contributed by atoms with Crippen molar-refractivity contribution in [1.29, 1.82) is 0 Å². The number of likely N-dealkylation sites (tertiary alicyclic amines) is 2. The first-order valence-electron chi connectivity index (χ1n) is 13.4. The molecule has 2 aromatic carbocycles. The maximum atomic E-state index is 14.0. The summed E-state index contributed by atoms with van der Waals surface area (Å²) in [4.78, 5) is 31.1. The predicted octanol–water partition coefficient (Wildman–Crippen LogP) is 5.83. The summed E-state index contributed by atoms with van der Waals surface area (Å²) in [6, 6.07) is 14.9. The molecule has 1 aromatic heterocycles. The SMILES string of the molecule is CC(C)CO[C@@H]1CN(Cc2ccc(Cl)cc2)C(=O)[C@]2(CCCN(C(=O)c3cc(-c4ccc(F)cc4)no3)C2)C1. The number of hydrogen-bond acceptors (Lipinski definition) is 5. The van der Waals surface area contributed by atoms with Crippen LogP contribution in [0.1, 0.15) is 49.2 Å². The predicted molar refractivity (Wildman–Crippen MR) is 146 cm³/mol. The van der Waals surface area contributed by atoms with Gasteiger partial charge in [0, 0.05) is 49.4 Å². The summed E-state index contributed by atoms with van der Waals surface area (Å²) in [5, 5.41) is 4.67. The Morgan fingerprint density at radius 3 is 2.67 bits per heavy atom. The average Bonchev–Trinajstić information content (AvgIpc) is 3.42. The Morgan fingerprint density at radius 2 is 1.95 bits per heavy atom. The van der Waals surface area contributed by atoms with Crippen LogP contribution in [0, 0.1) is 17.2 Å². The molecule has 1 spiro atoms. The molecule has 2 amide bonds. The molecule has 2 aliphatic rings. The van der Waals surface area contributed by atoms with Gasteiger partial charge in [-0.3, -0.25) is 9.59 Å². The number of benzene rings is 2. The third-order valence-electron chi connectivity index (χ3n) is 7.46. The third kappa shape index (κ3) is 6.17. The van der Waals surface area contributed by atoms with Crippen LogP contribution in [-0.4, -0.2) is 59.1 Å². The van der Waals surface area contributed by atoms with Gasteiger partial charge in [-0.15, -0.1) is 0 Å². The lowest BCUT2D eigenvalue weighted by atomic mass is 9.72. The van der Waals surface area contributed by atoms with Crippen LogP contribution >= 0.6 is 11.6 Å². The van der Waals surface area contributed by atoms with Crippen LogP contribution in [0.15, 0.2) is 59.1 Å². The molecule has 0 saturated carbocycles. The highest BCUT2D eigenvalue weighted by atomic mass is 35.5. The number of nitrogens with zero attached hydrogens (tertiary/aromatic N) is 3. The van der Waals surface area contributed by atoms with Crippen molar-refractivity contribution in [3.8, 4) is 11.3 Å². The van der Waals surface area contributed by atoms with Crippen LogP contribution in [0.25, 0.3) is 11.3 Å². The quantitative estimate of drug-likeness (QED) is 0.368. The third-order valence-corrected chi connectivity index (χ3v) is 7.71. The number of carbonyl (C=O) groups is 2. The minimum atomic E-state index is -0.736. The zero-order chi connectivity index (χ0) is 27.6. The second kappa shape index (κ2) is 11.5. The van der Waals surface area contributed by atoms with Crippen LogP contribution in [0.5, 0.6) is 0 Å². The van der Waals surface area contributed by atoms with Crippen molar-refractivity contribution in [2.24, 2.45) is 11.3 Å². The van der Waals surface area contributed by atoms with E-state index in [1.165, 1.54) is 12.1 Å². The van der Waals surface area contributed by atoms with Crippen LogP contribution in [0.4, 0.5) is 4.39 Å². The molecule has 0 radical (unpaired) electrons. The number of hydrogen-bond donors (Lipinski definition) is 0. The van der Waals surface area contributed by atoms with Crippen molar-refractivity contribution < 1.29 is 23.2 Å². The molecule has 9 heteroatoms. The molecule has 0 unspecified atom stereocenters. The Morgan fingerprint density at radius 1 is 1.21 bits per heavy atom. The molecular weight excluding hydrogens is 521 g/mol. The van der Waals surface area contributed by atoms with Gasteiger partial charge in [0.1, 0.15) is 11.5 Å². The van der Waals surface area contributed by atoms with E-state index in [1.54, 1.807) is 23.1 Å². The molecule has 5 rings (SSSR count). The topological polar surface area (TPSA) is 75.9 Å². The fourth-order valence-corrected chi connectivity index (χ4v) is 5.70. The summed E-state index contributed by atoms with van der Waals surface area (Å²) in [7, 11) is 0. The number of ether oxygens (including phenoxy) is 1. The van der Waals surface area contributed by atoms with Gasteiger partial charge < -0.3 is 19.1 Å². The van der Waals surface area contributed by atoms with E-state index >= 15 is 0 Å². The highest BCUT2D eigenvalue weighted by molar-refractivity contribution is 6.30. The molecular formula is C30H33ClFN3O4. The summed E-state index contributed by atoms with van der Waals surface area (Å²) < 4.78 is 25.0. The van der Waals surface area contributed by atoms with E-state index in [0.717, 1.165) is 5.56 Å². The first-order chi connectivity index (χ1) is 18.7. The van der Waals surface area contributed by atoms with Crippen molar-refractivity contribution in [2.75, 3.05) is 26.2 Å². The zero-order valence-electron chi connectivity index (χ0n) is 22.2. The summed E-state index contributed by atoms with van der Waals surface area (Å²) in [6.45, 7) is 6.59. The first-order valence-corrected chi connectivity index (χ1v) is 13.8. The van der Waals surface area contributed by atoms with Crippen LogP contribution in [0.3, 0.4) is 0 Å². The molecule has 3 heterocycles. The van der Waals surface area contributed by atoms with Gasteiger partial charge in [-0.1, -0.05) is 42.7 Å². The smallest absolute Gasteiger partial charge is 0.292 e. The second-order valence-corrected chi connectivity index (χ2v) is 11.5. The summed E-state index contributed by atoms with van der Waals surface area (Å²) >= 11 is 6.07. The van der Waals surface area contributed by atoms with Crippen molar-refractivity contribution >= 4 is 23.4 Å². The first kappa shape index (κ1) is 27.3. The van der Waals surface area contributed by atoms with Crippen LogP contribution in [0.2, 0.25) is 5.02 Å². The summed E-state index contributed by atoms with van der Waals surface area (Å²) in [5.41, 5.74) is 1.36. The van der Waals surface area contributed by atoms with E-state index in [4.69, 9.17) is 20.9 Å². The van der Waals surface area contributed by atoms with Gasteiger partial charge in [0.2, 0.25) is 11.7 Å². The highest BCUT2D eigenvalue weighted by Crippen LogP contribution is 2.41. The molecule has 2 fully saturated rings. The van der Waals surface area contributed by atoms with Gasteiger partial charge in [-0.05, 0) is 67.1 Å². The Labute approximate surface area is 232 Å². The molecule has 0 bridgehead atoms. The summed E-state index contributed by atoms with van der Waals surface area (Å²) in [5.74, 6) is -0.147. The highest BCUT2D eigenvalue weighted by Gasteiger charge is 2.50. The number of halogens is 2. The van der Waals surface area contributed by atoms with Crippen molar-refractivity contribution in [3.05, 3.63) is 76.8 Å². The molecule has 2 saturated heterocycles. The van der Waals surface area contributed by atoms with Crippen molar-refractivity contribution in [2.45, 2.75) is 45.8 Å². The molecule has 2 aliphatic heterocycles. The van der Waals surface area contributed by atoms with Gasteiger partial charge in [-0.2, -0.15) is 0 Å². The second-order valence-electron chi connectivity index (χ2n) is 11.1. The maximum absolute atomic E-state index is 14.0. The van der Waals surface area contributed by atoms with Crippen molar-refractivity contribution in [1.82, 2.24) is 15.0 Å². The average molecular weight is 554 g/mol. The standard InChI is InChI=1S/C30H33ClFN3O4/c1-20(2)18-38-25-15-30(29(37)35(17-25)16-21-4-8-23(31)9-5-21)12-3-13-34(19-30)28(36)27-14-26(33-39-27)22-6-10-24(32)11-7-22/h4-11,14,20,25H,3,12-13,15-19H2,1-2H3/t25-,30+/m0/s1. The van der Waals surface area contributed by atoms with Crippen molar-refractivity contribution in [3.63, 3.8) is 0 Å². The van der Waals surface area contributed by atoms with Gasteiger partial charge in [0.25, 0.3) is 5.91 Å². The Balaban J connectivity index is 1.36. The Kier molecular flexibility index (Phi) is 8.05. The largest absolute Gasteiger partial charge is 0.376 e. The van der Waals surface area contributed by atoms with Gasteiger partial charge >= 0.3 is 0 Å². The van der Waals surface area contributed by atoms with Crippen LogP contribution in [-0.2, 0) is 16.1 Å². The molecule has 39 heavy (non-hydrogen) atoms. The minimum absolute atomic E-state index is 0.0453. The number of carbonyl (C=O) groups excluding carboxylic acids is 2. The van der Waals surface area contributed by atoms with E-state index in [-0.39, 0.29) is 36.0 Å². The molecule has 206 valence electrons. The molecule has 2 atom stereocenters. The lowest BCUT2D eigenvalue weighted by molar-refractivity contribution is -0.160.